The molecule has 0 aliphatic heterocycles. The number of hydrogen-bond acceptors (Lipinski definition) is 4. The summed E-state index contributed by atoms with van der Waals surface area (Å²) in [5.41, 5.74) is 2.50. The van der Waals surface area contributed by atoms with E-state index in [1.165, 1.54) is 15.7 Å². The van der Waals surface area contributed by atoms with Crippen LogP contribution in [0.5, 0.6) is 0 Å². The number of nitrogens with zero attached hydrogens (tertiary/aromatic N) is 3. The Bertz CT molecular complexity index is 755. The van der Waals surface area contributed by atoms with E-state index in [1.807, 2.05) is 12.1 Å². The number of hydrogen-bond donors (Lipinski definition) is 0. The monoisotopic (exact) mass is 311 g/mol. The highest BCUT2D eigenvalue weighted by molar-refractivity contribution is 8.13. The molecule has 7 heteroatoms. The lowest BCUT2D eigenvalue weighted by molar-refractivity contribution is 0.558. The van der Waals surface area contributed by atoms with Crippen LogP contribution < -0.4 is 0 Å². The zero-order chi connectivity index (χ0) is 14.3. The summed E-state index contributed by atoms with van der Waals surface area (Å²) >= 11 is 0. The molecule has 0 spiro atoms. The summed E-state index contributed by atoms with van der Waals surface area (Å²) in [6, 6.07) is 8.19. The van der Waals surface area contributed by atoms with Crippen molar-refractivity contribution in [2.75, 3.05) is 0 Å². The van der Waals surface area contributed by atoms with Gasteiger partial charge in [0.2, 0.25) is 0 Å². The number of benzene rings is 1. The summed E-state index contributed by atoms with van der Waals surface area (Å²) in [6.45, 7) is 0. The van der Waals surface area contributed by atoms with Crippen LogP contribution in [0.15, 0.2) is 29.4 Å². The van der Waals surface area contributed by atoms with Gasteiger partial charge in [-0.2, -0.15) is 0 Å². The summed E-state index contributed by atoms with van der Waals surface area (Å²) in [5, 5.41) is 7.59. The van der Waals surface area contributed by atoms with Crippen LogP contribution in [0.2, 0.25) is 0 Å². The molecule has 1 atom stereocenters. The molecule has 20 heavy (non-hydrogen) atoms. The van der Waals surface area contributed by atoms with Gasteiger partial charge in [0, 0.05) is 23.6 Å². The van der Waals surface area contributed by atoms with E-state index in [-0.39, 0.29) is 11.1 Å². The molecule has 2 aromatic rings. The molecular formula is C13H14ClN3O2S. The quantitative estimate of drug-likeness (QED) is 0.798. The molecule has 5 nitrogen and oxygen atoms in total. The van der Waals surface area contributed by atoms with Gasteiger partial charge in [-0.05, 0) is 30.4 Å². The smallest absolute Gasteiger partial charge is 0.296 e. The zero-order valence-corrected chi connectivity index (χ0v) is 12.5. The van der Waals surface area contributed by atoms with Gasteiger partial charge in [-0.3, -0.25) is 0 Å². The minimum absolute atomic E-state index is 0.0737. The lowest BCUT2D eigenvalue weighted by atomic mass is 9.82. The molecule has 0 saturated carbocycles. The van der Waals surface area contributed by atoms with Crippen molar-refractivity contribution in [3.63, 3.8) is 0 Å². The third-order valence-electron chi connectivity index (χ3n) is 3.77. The molecule has 1 aromatic heterocycles. The normalized spacial score (nSPS) is 18.8. The molecule has 1 aromatic carbocycles. The molecule has 0 fully saturated rings. The Hall–Kier alpha value is -1.40. The first kappa shape index (κ1) is 13.6. The Kier molecular flexibility index (Phi) is 3.30. The van der Waals surface area contributed by atoms with Crippen molar-refractivity contribution in [1.29, 1.82) is 0 Å². The van der Waals surface area contributed by atoms with E-state index in [0.29, 0.717) is 5.82 Å². The van der Waals surface area contributed by atoms with Gasteiger partial charge in [0.1, 0.15) is 5.82 Å². The molecule has 106 valence electrons. The molecule has 0 bridgehead atoms. The highest BCUT2D eigenvalue weighted by Gasteiger charge is 2.28. The maximum absolute atomic E-state index is 11.4. The maximum Gasteiger partial charge on any atom is 0.296 e. The Labute approximate surface area is 122 Å². The van der Waals surface area contributed by atoms with Crippen LogP contribution in [0.25, 0.3) is 0 Å². The van der Waals surface area contributed by atoms with Crippen LogP contribution in [0.3, 0.4) is 0 Å². The minimum atomic E-state index is -3.87. The van der Waals surface area contributed by atoms with Gasteiger partial charge in [0.25, 0.3) is 14.2 Å². The van der Waals surface area contributed by atoms with Crippen molar-refractivity contribution >= 4 is 19.7 Å². The van der Waals surface area contributed by atoms with E-state index in [2.05, 4.69) is 22.3 Å². The van der Waals surface area contributed by atoms with Gasteiger partial charge < -0.3 is 4.57 Å². The summed E-state index contributed by atoms with van der Waals surface area (Å²) in [7, 11) is 3.14. The highest BCUT2D eigenvalue weighted by Crippen LogP contribution is 2.36. The fraction of sp³-hybridized carbons (Fsp3) is 0.385. The average Bonchev–Trinajstić information content (AvgIpc) is 2.80. The van der Waals surface area contributed by atoms with Gasteiger partial charge in [0.05, 0.1) is 0 Å². The molecule has 0 radical (unpaired) electrons. The first-order chi connectivity index (χ1) is 9.48. The van der Waals surface area contributed by atoms with Crippen LogP contribution in [-0.4, -0.2) is 23.2 Å². The average molecular weight is 312 g/mol. The number of halogens is 1. The van der Waals surface area contributed by atoms with E-state index in [9.17, 15) is 8.42 Å². The van der Waals surface area contributed by atoms with E-state index in [1.54, 1.807) is 7.05 Å². The van der Waals surface area contributed by atoms with Crippen molar-refractivity contribution < 1.29 is 8.42 Å². The van der Waals surface area contributed by atoms with Gasteiger partial charge in [-0.15, -0.1) is 10.2 Å². The third-order valence-corrected chi connectivity index (χ3v) is 4.97. The number of aromatic nitrogens is 3. The molecule has 0 N–H and O–H groups in total. The van der Waals surface area contributed by atoms with Gasteiger partial charge >= 0.3 is 0 Å². The van der Waals surface area contributed by atoms with Crippen molar-refractivity contribution in [2.45, 2.75) is 30.3 Å². The third kappa shape index (κ3) is 2.23. The van der Waals surface area contributed by atoms with Crippen LogP contribution in [0.4, 0.5) is 0 Å². The first-order valence-electron chi connectivity index (χ1n) is 6.40. The Balaban J connectivity index is 2.10. The second-order valence-corrected chi connectivity index (χ2v) is 7.44. The summed E-state index contributed by atoms with van der Waals surface area (Å²) in [4.78, 5) is 0. The summed E-state index contributed by atoms with van der Waals surface area (Å²) in [6.07, 6.45) is 3.04. The highest BCUT2D eigenvalue weighted by atomic mass is 35.7. The van der Waals surface area contributed by atoms with Crippen molar-refractivity contribution in [3.8, 4) is 0 Å². The van der Waals surface area contributed by atoms with Crippen LogP contribution in [0.1, 0.15) is 35.7 Å². The number of rotatable bonds is 2. The number of aryl methyl sites for hydroxylation is 1. The predicted molar refractivity (Wildman–Crippen MR) is 75.3 cm³/mol. The van der Waals surface area contributed by atoms with E-state index in [4.69, 9.17) is 10.7 Å². The van der Waals surface area contributed by atoms with E-state index < -0.39 is 9.05 Å². The molecule has 1 unspecified atom stereocenters. The molecular weight excluding hydrogens is 298 g/mol. The van der Waals surface area contributed by atoms with Crippen LogP contribution >= 0.6 is 10.7 Å². The molecule has 0 saturated heterocycles. The Morgan fingerprint density at radius 2 is 2.05 bits per heavy atom. The van der Waals surface area contributed by atoms with Crippen LogP contribution in [0, 0.1) is 0 Å². The fourth-order valence-corrected chi connectivity index (χ4v) is 3.83. The van der Waals surface area contributed by atoms with Gasteiger partial charge in [-0.25, -0.2) is 8.42 Å². The summed E-state index contributed by atoms with van der Waals surface area (Å²) in [5.74, 6) is 0.723. The van der Waals surface area contributed by atoms with Crippen LogP contribution in [-0.2, 0) is 22.5 Å². The van der Waals surface area contributed by atoms with Crippen molar-refractivity contribution in [3.05, 3.63) is 41.2 Å². The molecule has 1 aliphatic carbocycles. The SMILES string of the molecule is Cn1c(C2CCCc3ccccc32)nnc1S(=O)(=O)Cl. The van der Waals surface area contributed by atoms with Crippen molar-refractivity contribution in [2.24, 2.45) is 7.05 Å². The lowest BCUT2D eigenvalue weighted by Gasteiger charge is -2.24. The predicted octanol–water partition coefficient (Wildman–Crippen LogP) is 2.21. The van der Waals surface area contributed by atoms with E-state index >= 15 is 0 Å². The minimum Gasteiger partial charge on any atom is -0.303 e. The fourth-order valence-electron chi connectivity index (χ4n) is 2.86. The topological polar surface area (TPSA) is 64.8 Å². The molecule has 1 aliphatic rings. The lowest BCUT2D eigenvalue weighted by Crippen LogP contribution is -2.15. The Morgan fingerprint density at radius 3 is 2.75 bits per heavy atom. The first-order valence-corrected chi connectivity index (χ1v) is 8.71. The largest absolute Gasteiger partial charge is 0.303 e. The number of fused-ring (bicyclic) bond motifs is 1. The second kappa shape index (κ2) is 4.86. The molecule has 1 heterocycles. The molecule has 0 amide bonds. The Morgan fingerprint density at radius 1 is 1.30 bits per heavy atom. The maximum atomic E-state index is 11.4. The van der Waals surface area contributed by atoms with E-state index in [0.717, 1.165) is 19.3 Å². The van der Waals surface area contributed by atoms with Gasteiger partial charge in [0.15, 0.2) is 0 Å². The van der Waals surface area contributed by atoms with Gasteiger partial charge in [-0.1, -0.05) is 24.3 Å². The van der Waals surface area contributed by atoms with Crippen molar-refractivity contribution in [1.82, 2.24) is 14.8 Å². The zero-order valence-electron chi connectivity index (χ0n) is 11.0. The molecule has 3 rings (SSSR count). The second-order valence-electron chi connectivity index (χ2n) is 4.98. The standard InChI is InChI=1S/C13H14ClN3O2S/c1-17-12(15-16-13(17)20(14,18)19)11-8-4-6-9-5-2-3-7-10(9)11/h2-3,5,7,11H,4,6,8H2,1H3. The summed E-state index contributed by atoms with van der Waals surface area (Å²) < 4.78 is 24.4.